The zero-order valence-corrected chi connectivity index (χ0v) is 22.5. The number of ether oxygens (including phenoxy) is 1. The van der Waals surface area contributed by atoms with Gasteiger partial charge in [0.1, 0.15) is 22.0 Å². The summed E-state index contributed by atoms with van der Waals surface area (Å²) in [6.45, 7) is 1.16. The average molecular weight is 553 g/mol. The van der Waals surface area contributed by atoms with Gasteiger partial charge in [0.05, 0.1) is 19.2 Å². The van der Waals surface area contributed by atoms with Crippen molar-refractivity contribution < 1.29 is 22.3 Å². The van der Waals surface area contributed by atoms with Crippen molar-refractivity contribution >= 4 is 39.4 Å². The van der Waals surface area contributed by atoms with Crippen LogP contribution in [-0.4, -0.2) is 79.4 Å². The van der Waals surface area contributed by atoms with E-state index in [0.29, 0.717) is 40.8 Å². The molecule has 10 nitrogen and oxygen atoms in total. The summed E-state index contributed by atoms with van der Waals surface area (Å²) in [5, 5.41) is 8.35. The number of likely N-dealkylation sites (tertiary alicyclic amines) is 1. The monoisotopic (exact) mass is 552 g/mol. The largest absolute Gasteiger partial charge is 0.495 e. The molecule has 1 fully saturated rings. The fourth-order valence-electron chi connectivity index (χ4n) is 4.21. The number of hydrogen-bond acceptors (Lipinski definition) is 7. The molecular weight excluding hydrogens is 523 g/mol. The van der Waals surface area contributed by atoms with Gasteiger partial charge in [-0.25, -0.2) is 21.8 Å². The second kappa shape index (κ2) is 11.5. The van der Waals surface area contributed by atoms with Crippen LogP contribution in [0, 0.1) is 0 Å². The van der Waals surface area contributed by atoms with Gasteiger partial charge in [-0.2, -0.15) is 0 Å². The Morgan fingerprint density at radius 3 is 2.54 bits per heavy atom. The third-order valence-corrected chi connectivity index (χ3v) is 7.97. The molecule has 37 heavy (non-hydrogen) atoms. The lowest BCUT2D eigenvalue weighted by Crippen LogP contribution is -2.27. The molecule has 1 aliphatic rings. The summed E-state index contributed by atoms with van der Waals surface area (Å²) in [4.78, 5) is 15.0. The smallest absolute Gasteiger partial charge is 0.253 e. The summed E-state index contributed by atoms with van der Waals surface area (Å²) in [6.07, 6.45) is 3.11. The zero-order chi connectivity index (χ0) is 26.0. The van der Waals surface area contributed by atoms with Crippen molar-refractivity contribution in [1.29, 1.82) is 0 Å². The number of methoxy groups -OCH3 is 1. The van der Waals surface area contributed by atoms with Gasteiger partial charge >= 0.3 is 0 Å². The van der Waals surface area contributed by atoms with Crippen molar-refractivity contribution in [3.63, 3.8) is 0 Å². The number of nitrogens with zero attached hydrogens (tertiary/aromatic N) is 5. The number of sulfonamides is 1. The Bertz CT molecular complexity index is 1430. The summed E-state index contributed by atoms with van der Waals surface area (Å²) >= 11 is 0. The van der Waals surface area contributed by atoms with E-state index in [2.05, 4.69) is 10.3 Å². The lowest BCUT2D eigenvalue weighted by Gasteiger charge is -2.18. The molecular formula is C24H30ClFN6O4S. The maximum absolute atomic E-state index is 14.3. The van der Waals surface area contributed by atoms with E-state index in [0.717, 1.165) is 17.1 Å². The summed E-state index contributed by atoms with van der Waals surface area (Å²) in [5.41, 5.74) is 7.67. The van der Waals surface area contributed by atoms with Crippen LogP contribution >= 0.6 is 12.4 Å². The molecule has 0 saturated carbocycles. The number of rotatable bonds is 8. The Hall–Kier alpha value is -3.06. The van der Waals surface area contributed by atoms with E-state index in [1.54, 1.807) is 29.2 Å². The van der Waals surface area contributed by atoms with Crippen LogP contribution in [-0.2, 0) is 16.6 Å². The molecule has 13 heteroatoms. The first-order valence-corrected chi connectivity index (χ1v) is 12.9. The van der Waals surface area contributed by atoms with E-state index >= 15 is 0 Å². The number of allylic oxidation sites excluding steroid dienone is 1. The lowest BCUT2D eigenvalue weighted by molar-refractivity contribution is 0.0793. The maximum Gasteiger partial charge on any atom is 0.253 e. The first-order chi connectivity index (χ1) is 17.2. The highest BCUT2D eigenvalue weighted by molar-refractivity contribution is 7.89. The van der Waals surface area contributed by atoms with Gasteiger partial charge < -0.3 is 15.4 Å². The standard InChI is InChI=1S/C24H29FN6O4S.ClH/c1-29(2)36(33,34)22-14-16(6-7-21(22)35-3)19-12-17(24(32)30-10-4-5-11-30)13-20-23(19)27-28-31(20)15-18(25)8-9-26;/h6-8,12-14H,4-5,9-11,15,26H2,1-3H3;1H/b18-8-;. The number of aromatic nitrogens is 3. The highest BCUT2D eigenvalue weighted by Gasteiger charge is 2.26. The van der Waals surface area contributed by atoms with Gasteiger partial charge in [0.25, 0.3) is 5.91 Å². The minimum absolute atomic E-state index is 0. The van der Waals surface area contributed by atoms with Crippen molar-refractivity contribution in [2.75, 3.05) is 40.8 Å². The predicted octanol–water partition coefficient (Wildman–Crippen LogP) is 2.83. The molecule has 2 N–H and O–H groups in total. The Kier molecular flexibility index (Phi) is 8.90. The second-order valence-electron chi connectivity index (χ2n) is 8.68. The predicted molar refractivity (Wildman–Crippen MR) is 141 cm³/mol. The van der Waals surface area contributed by atoms with Crippen molar-refractivity contribution in [3.05, 3.63) is 47.8 Å². The molecule has 0 bridgehead atoms. The molecule has 2 heterocycles. The van der Waals surface area contributed by atoms with Crippen molar-refractivity contribution in [2.24, 2.45) is 5.73 Å². The van der Waals surface area contributed by atoms with Gasteiger partial charge in [-0.3, -0.25) is 4.79 Å². The van der Waals surface area contributed by atoms with Crippen molar-refractivity contribution in [1.82, 2.24) is 24.2 Å². The van der Waals surface area contributed by atoms with Gasteiger partial charge in [0.2, 0.25) is 10.0 Å². The number of nitrogens with two attached hydrogens (primary N) is 1. The quantitative estimate of drug-likeness (QED) is 0.455. The van der Waals surface area contributed by atoms with Crippen LogP contribution in [0.4, 0.5) is 4.39 Å². The minimum Gasteiger partial charge on any atom is -0.495 e. The topological polar surface area (TPSA) is 124 Å². The Morgan fingerprint density at radius 2 is 1.92 bits per heavy atom. The third-order valence-electron chi connectivity index (χ3n) is 6.13. The third kappa shape index (κ3) is 5.61. The number of fused-ring (bicyclic) bond motifs is 1. The Labute approximate surface area is 221 Å². The van der Waals surface area contributed by atoms with E-state index in [9.17, 15) is 17.6 Å². The summed E-state index contributed by atoms with van der Waals surface area (Å²) in [5.74, 6) is -0.451. The molecule has 2 aromatic carbocycles. The van der Waals surface area contributed by atoms with Gasteiger partial charge in [-0.05, 0) is 48.7 Å². The first-order valence-electron chi connectivity index (χ1n) is 11.5. The van der Waals surface area contributed by atoms with Crippen LogP contribution < -0.4 is 10.5 Å². The molecule has 0 radical (unpaired) electrons. The molecule has 0 spiro atoms. The van der Waals surface area contributed by atoms with Crippen molar-refractivity contribution in [2.45, 2.75) is 24.3 Å². The molecule has 1 aromatic heterocycles. The van der Waals surface area contributed by atoms with Gasteiger partial charge in [-0.1, -0.05) is 11.3 Å². The van der Waals surface area contributed by atoms with E-state index in [1.807, 2.05) is 0 Å². The molecule has 0 unspecified atom stereocenters. The van der Waals surface area contributed by atoms with Crippen LogP contribution in [0.5, 0.6) is 5.75 Å². The van der Waals surface area contributed by atoms with E-state index in [4.69, 9.17) is 10.5 Å². The van der Waals surface area contributed by atoms with Crippen LogP contribution in [0.1, 0.15) is 23.2 Å². The lowest BCUT2D eigenvalue weighted by atomic mass is 10.00. The normalized spacial score (nSPS) is 14.3. The average Bonchev–Trinajstić information content (AvgIpc) is 3.53. The summed E-state index contributed by atoms with van der Waals surface area (Å²) < 4.78 is 48.0. The molecule has 3 aromatic rings. The summed E-state index contributed by atoms with van der Waals surface area (Å²) in [7, 11) is 0.427. The van der Waals surface area contributed by atoms with Gasteiger partial charge in [0.15, 0.2) is 0 Å². The number of benzene rings is 2. The molecule has 4 rings (SSSR count). The van der Waals surface area contributed by atoms with Crippen LogP contribution in [0.2, 0.25) is 0 Å². The highest BCUT2D eigenvalue weighted by Crippen LogP contribution is 2.35. The SMILES string of the molecule is COc1ccc(-c2cc(C(=O)N3CCCC3)cc3c2nnn3C/C(F)=C/CN)cc1S(=O)(=O)N(C)C.Cl. The molecule has 0 aliphatic carbocycles. The number of amides is 1. The molecule has 1 saturated heterocycles. The van der Waals surface area contributed by atoms with E-state index < -0.39 is 15.9 Å². The fraction of sp³-hybridized carbons (Fsp3) is 0.375. The molecule has 0 atom stereocenters. The maximum atomic E-state index is 14.3. The second-order valence-corrected chi connectivity index (χ2v) is 10.8. The molecule has 200 valence electrons. The fourth-order valence-corrected chi connectivity index (χ4v) is 5.28. The summed E-state index contributed by atoms with van der Waals surface area (Å²) in [6, 6.07) is 8.07. The zero-order valence-electron chi connectivity index (χ0n) is 20.8. The number of carbonyl (C=O) groups excluding carboxylic acids is 1. The highest BCUT2D eigenvalue weighted by atomic mass is 35.5. The Morgan fingerprint density at radius 1 is 1.22 bits per heavy atom. The number of carbonyl (C=O) groups is 1. The van der Waals surface area contributed by atoms with Gasteiger partial charge in [0, 0.05) is 44.9 Å². The van der Waals surface area contributed by atoms with E-state index in [-0.39, 0.29) is 42.0 Å². The van der Waals surface area contributed by atoms with Crippen LogP contribution in [0.15, 0.2) is 47.1 Å². The first kappa shape index (κ1) is 28.5. The van der Waals surface area contributed by atoms with Crippen LogP contribution in [0.25, 0.3) is 22.2 Å². The van der Waals surface area contributed by atoms with Crippen molar-refractivity contribution in [3.8, 4) is 16.9 Å². The van der Waals surface area contributed by atoms with Gasteiger partial charge in [-0.15, -0.1) is 17.5 Å². The number of hydrogen-bond donors (Lipinski definition) is 1. The van der Waals surface area contributed by atoms with E-state index in [1.165, 1.54) is 38.0 Å². The Balaban J connectivity index is 0.00000380. The molecule has 1 amide bonds. The van der Waals surface area contributed by atoms with Crippen LogP contribution in [0.3, 0.4) is 0 Å². The minimum atomic E-state index is -3.84. The molecule has 1 aliphatic heterocycles. The number of halogens is 2.